The predicted molar refractivity (Wildman–Crippen MR) is 85.8 cm³/mol. The lowest BCUT2D eigenvalue weighted by Crippen LogP contribution is -2.32. The minimum Gasteiger partial charge on any atom is -0.485 e. The minimum atomic E-state index is -0.724. The Balaban J connectivity index is 2.22. The van der Waals surface area contributed by atoms with Gasteiger partial charge < -0.3 is 4.74 Å². The molecule has 2 heterocycles. The summed E-state index contributed by atoms with van der Waals surface area (Å²) in [6, 6.07) is 0.550. The maximum atomic E-state index is 14.5. The number of carbonyl (C=O) groups is 1. The number of anilines is 1. The van der Waals surface area contributed by atoms with E-state index in [0.29, 0.717) is 12.0 Å². The van der Waals surface area contributed by atoms with E-state index in [1.54, 1.807) is 0 Å². The van der Waals surface area contributed by atoms with Crippen LogP contribution in [0, 0.1) is 11.2 Å². The van der Waals surface area contributed by atoms with Crippen LogP contribution in [0.15, 0.2) is 6.07 Å². The fourth-order valence-electron chi connectivity index (χ4n) is 2.64. The van der Waals surface area contributed by atoms with Crippen LogP contribution in [0.4, 0.5) is 14.9 Å². The molecule has 0 spiro atoms. The van der Waals surface area contributed by atoms with Crippen molar-refractivity contribution < 1.29 is 13.9 Å². The molecule has 2 aliphatic rings. The monoisotopic (exact) mass is 341 g/mol. The number of likely N-dealkylation sites (N-methyl/N-ethyl adjacent to an activating group) is 1. The lowest BCUT2D eigenvalue weighted by molar-refractivity contribution is 0.138. The molecule has 116 valence electrons. The van der Waals surface area contributed by atoms with Crippen LogP contribution in [0.2, 0.25) is 5.02 Å². The predicted octanol–water partition coefficient (Wildman–Crippen LogP) is 3.37. The fourth-order valence-corrected chi connectivity index (χ4v) is 3.06. The van der Waals surface area contributed by atoms with Crippen LogP contribution in [0.3, 0.4) is 0 Å². The first-order chi connectivity index (χ1) is 10.1. The number of thiocarbonyl (C=S) groups is 1. The Morgan fingerprint density at radius 2 is 2.14 bits per heavy atom. The molecule has 1 aromatic carbocycles. The van der Waals surface area contributed by atoms with Crippen LogP contribution in [-0.2, 0) is 6.42 Å². The van der Waals surface area contributed by atoms with Crippen LogP contribution in [0.25, 0.3) is 0 Å². The first-order valence-electron chi connectivity index (χ1n) is 6.54. The molecule has 0 aromatic heterocycles. The van der Waals surface area contributed by atoms with E-state index >= 15 is 0 Å². The Hall–Kier alpha value is -1.73. The van der Waals surface area contributed by atoms with Crippen LogP contribution in [0.5, 0.6) is 5.75 Å². The van der Waals surface area contributed by atoms with E-state index in [-0.39, 0.29) is 27.3 Å². The summed E-state index contributed by atoms with van der Waals surface area (Å²) in [7, 11) is 1.44. The molecule has 0 aliphatic carbocycles. The van der Waals surface area contributed by atoms with E-state index in [1.165, 1.54) is 7.05 Å². The van der Waals surface area contributed by atoms with Gasteiger partial charge in [-0.3, -0.25) is 10.3 Å². The molecule has 1 aromatic rings. The summed E-state index contributed by atoms with van der Waals surface area (Å²) in [4.78, 5) is 14.4. The lowest BCUT2D eigenvalue weighted by Gasteiger charge is -2.21. The molecule has 1 fully saturated rings. The van der Waals surface area contributed by atoms with Crippen molar-refractivity contribution in [2.24, 2.45) is 0 Å². The van der Waals surface area contributed by atoms with Gasteiger partial charge in [-0.2, -0.15) is 0 Å². The molecule has 1 N–H and O–H groups in total. The zero-order valence-electron chi connectivity index (χ0n) is 12.2. The summed E-state index contributed by atoms with van der Waals surface area (Å²) in [6.45, 7) is 3.69. The second-order valence-electron chi connectivity index (χ2n) is 5.87. The van der Waals surface area contributed by atoms with Gasteiger partial charge in [0, 0.05) is 19.0 Å². The number of amidine groups is 1. The minimum absolute atomic E-state index is 0.0327. The van der Waals surface area contributed by atoms with Crippen LogP contribution in [-0.4, -0.2) is 34.4 Å². The van der Waals surface area contributed by atoms with Gasteiger partial charge in [0.05, 0.1) is 5.02 Å². The van der Waals surface area contributed by atoms with Crippen molar-refractivity contribution in [1.82, 2.24) is 4.90 Å². The molecule has 3 rings (SSSR count). The zero-order chi connectivity index (χ0) is 16.4. The highest BCUT2D eigenvalue weighted by Gasteiger charge is 2.44. The van der Waals surface area contributed by atoms with Gasteiger partial charge >= 0.3 is 6.03 Å². The quantitative estimate of drug-likeness (QED) is 0.797. The maximum Gasteiger partial charge on any atom is 0.335 e. The zero-order valence-corrected chi connectivity index (χ0v) is 13.7. The number of halogens is 2. The number of urea groups is 1. The second kappa shape index (κ2) is 4.63. The number of hydrogen-bond donors (Lipinski definition) is 1. The van der Waals surface area contributed by atoms with E-state index in [4.69, 9.17) is 34.0 Å². The Kier molecular flexibility index (Phi) is 3.19. The van der Waals surface area contributed by atoms with Crippen molar-refractivity contribution in [3.05, 3.63) is 22.5 Å². The summed E-state index contributed by atoms with van der Waals surface area (Å²) >= 11 is 11.1. The van der Waals surface area contributed by atoms with E-state index in [2.05, 4.69) is 0 Å². The largest absolute Gasteiger partial charge is 0.485 e. The van der Waals surface area contributed by atoms with Crippen molar-refractivity contribution in [3.63, 3.8) is 0 Å². The summed E-state index contributed by atoms with van der Waals surface area (Å²) in [5.41, 5.74) is -0.0397. The van der Waals surface area contributed by atoms with Gasteiger partial charge in [0.1, 0.15) is 11.3 Å². The molecule has 1 saturated heterocycles. The number of rotatable bonds is 1. The molecular weight excluding hydrogens is 329 g/mol. The summed E-state index contributed by atoms with van der Waals surface area (Å²) in [5, 5.41) is 8.24. The highest BCUT2D eigenvalue weighted by atomic mass is 35.5. The van der Waals surface area contributed by atoms with E-state index in [1.807, 2.05) is 13.8 Å². The van der Waals surface area contributed by atoms with Gasteiger partial charge in [-0.1, -0.05) is 23.8 Å². The van der Waals surface area contributed by atoms with Crippen molar-refractivity contribution >= 4 is 46.4 Å². The SMILES string of the molecule is CN1C(=O)N(c2c(F)cc(Cl)c3c2OC(C)(C)C3)C(=N)C1=S. The summed E-state index contributed by atoms with van der Waals surface area (Å²) < 4.78 is 20.3. The Morgan fingerprint density at radius 3 is 2.68 bits per heavy atom. The third-order valence-electron chi connectivity index (χ3n) is 3.67. The number of ether oxygens (including phenoxy) is 1. The second-order valence-corrected chi connectivity index (χ2v) is 6.66. The summed E-state index contributed by atoms with van der Waals surface area (Å²) in [5.74, 6) is -0.775. The molecule has 0 bridgehead atoms. The Morgan fingerprint density at radius 1 is 1.50 bits per heavy atom. The smallest absolute Gasteiger partial charge is 0.335 e. The number of nitrogens with zero attached hydrogens (tertiary/aromatic N) is 2. The van der Waals surface area contributed by atoms with Gasteiger partial charge in [0.15, 0.2) is 22.4 Å². The average molecular weight is 342 g/mol. The average Bonchev–Trinajstić information content (AvgIpc) is 2.83. The number of hydrogen-bond acceptors (Lipinski definition) is 4. The van der Waals surface area contributed by atoms with Gasteiger partial charge in [-0.15, -0.1) is 0 Å². The van der Waals surface area contributed by atoms with Gasteiger partial charge in [0.25, 0.3) is 0 Å². The number of fused-ring (bicyclic) bond motifs is 1. The first kappa shape index (κ1) is 15.2. The number of nitrogens with one attached hydrogen (secondary N) is 1. The maximum absolute atomic E-state index is 14.5. The van der Waals surface area contributed by atoms with Crippen LogP contribution >= 0.6 is 23.8 Å². The highest BCUT2D eigenvalue weighted by molar-refractivity contribution is 7.82. The summed E-state index contributed by atoms with van der Waals surface area (Å²) in [6.07, 6.45) is 0.490. The molecule has 0 unspecified atom stereocenters. The van der Waals surface area contributed by atoms with E-state index < -0.39 is 17.4 Å². The Labute approximate surface area is 137 Å². The highest BCUT2D eigenvalue weighted by Crippen LogP contribution is 2.47. The number of amides is 2. The third-order valence-corrected chi connectivity index (χ3v) is 4.48. The van der Waals surface area contributed by atoms with Gasteiger partial charge in [-0.05, 0) is 19.9 Å². The van der Waals surface area contributed by atoms with Crippen LogP contribution in [0.1, 0.15) is 19.4 Å². The third kappa shape index (κ3) is 1.99. The molecule has 0 saturated carbocycles. The van der Waals surface area contributed by atoms with Crippen LogP contribution < -0.4 is 9.64 Å². The molecule has 22 heavy (non-hydrogen) atoms. The molecule has 0 atom stereocenters. The molecular formula is C14H13ClFN3O2S. The van der Waals surface area contributed by atoms with Gasteiger partial charge in [0.2, 0.25) is 0 Å². The molecule has 2 amide bonds. The first-order valence-corrected chi connectivity index (χ1v) is 7.33. The normalized spacial score (nSPS) is 19.8. The molecule has 8 heteroatoms. The van der Waals surface area contributed by atoms with Crippen molar-refractivity contribution in [1.29, 1.82) is 5.41 Å². The molecule has 2 aliphatic heterocycles. The fraction of sp³-hybridized carbons (Fsp3) is 0.357. The van der Waals surface area contributed by atoms with Gasteiger partial charge in [-0.25, -0.2) is 14.1 Å². The van der Waals surface area contributed by atoms with Crippen molar-refractivity contribution in [2.75, 3.05) is 11.9 Å². The van der Waals surface area contributed by atoms with Crippen molar-refractivity contribution in [2.45, 2.75) is 25.9 Å². The topological polar surface area (TPSA) is 56.6 Å². The Bertz CT molecular complexity index is 750. The standard InChI is InChI=1S/C14H13ClFN3O2S/c1-14(2)5-6-7(15)4-8(16)9(10(6)21-14)19-11(17)12(22)18(3)13(19)20/h4,17H,5H2,1-3H3. The molecule has 5 nitrogen and oxygen atoms in total. The van der Waals surface area contributed by atoms with Crippen molar-refractivity contribution in [3.8, 4) is 5.75 Å². The molecule has 0 radical (unpaired) electrons. The van der Waals surface area contributed by atoms with E-state index in [0.717, 1.165) is 15.9 Å². The number of carbonyl (C=O) groups excluding carboxylic acids is 1. The lowest BCUT2D eigenvalue weighted by atomic mass is 10.0. The number of benzene rings is 1. The van der Waals surface area contributed by atoms with E-state index in [9.17, 15) is 9.18 Å².